The molecule has 0 saturated carbocycles. The molecule has 0 fully saturated rings. The van der Waals surface area contributed by atoms with E-state index in [2.05, 4.69) is 75.1 Å². The number of H-pyrrole nitrogens is 2. The van der Waals surface area contributed by atoms with Crippen LogP contribution in [0.3, 0.4) is 0 Å². The first-order valence-electron chi connectivity index (χ1n) is 12.3. The van der Waals surface area contributed by atoms with Crippen molar-refractivity contribution in [1.82, 2.24) is 29.1 Å². The number of aromatic nitrogens is 6. The summed E-state index contributed by atoms with van der Waals surface area (Å²) in [6, 6.07) is 5.93. The number of nitrogens with zero attached hydrogens (tertiary/aromatic N) is 4. The topological polar surface area (TPSA) is 120 Å². The van der Waals surface area contributed by atoms with Gasteiger partial charge < -0.3 is 24.0 Å². The number of rotatable bonds is 10. The van der Waals surface area contributed by atoms with E-state index in [4.69, 9.17) is 9.47 Å². The molecule has 0 aliphatic rings. The Morgan fingerprint density at radius 2 is 1.38 bits per heavy atom. The van der Waals surface area contributed by atoms with Crippen LogP contribution in [0.4, 0.5) is 0 Å². The molecule has 4 aromatic heterocycles. The predicted molar refractivity (Wildman–Crippen MR) is 157 cm³/mol. The molecule has 0 aromatic carbocycles. The fraction of sp³-hybridized carbons (Fsp3) is 0.500. The normalized spacial score (nSPS) is 12.2. The highest BCUT2D eigenvalue weighted by molar-refractivity contribution is 9.10. The van der Waals surface area contributed by atoms with Gasteiger partial charge in [-0.1, -0.05) is 39.3 Å². The molecule has 0 aliphatic carbocycles. The Morgan fingerprint density at radius 3 is 1.97 bits per heavy atom. The number of imidazole rings is 2. The molecule has 4 rings (SSSR count). The summed E-state index contributed by atoms with van der Waals surface area (Å²) in [4.78, 5) is 36.6. The van der Waals surface area contributed by atoms with Crippen LogP contribution in [0.2, 0.25) is 51.4 Å². The molecule has 202 valence electrons. The molecule has 0 radical (unpaired) electrons. The summed E-state index contributed by atoms with van der Waals surface area (Å²) < 4.78 is 15.7. The second-order valence-electron chi connectivity index (χ2n) is 11.3. The molecule has 4 heterocycles. The Balaban J connectivity index is 0.000000206. The number of halogens is 1. The summed E-state index contributed by atoms with van der Waals surface area (Å²) in [7, 11) is -2.12. The zero-order chi connectivity index (χ0) is 27.2. The highest BCUT2D eigenvalue weighted by Crippen LogP contribution is 2.17. The molecule has 37 heavy (non-hydrogen) atoms. The van der Waals surface area contributed by atoms with Crippen LogP contribution in [0.5, 0.6) is 0 Å². The number of nitrogens with one attached hydrogen (secondary N) is 2. The lowest BCUT2D eigenvalue weighted by atomic mass is 10.4. The van der Waals surface area contributed by atoms with Crippen LogP contribution >= 0.6 is 15.9 Å². The lowest BCUT2D eigenvalue weighted by Gasteiger charge is -2.15. The standard InChI is InChI=1S/C12H18BrN3O2Si.C12H19N3O2Si/c1-19(2,3)7-6-18-8-16-9-4-5-14-11(17)10(9)15-12(16)13;1-18(2,3)7-6-17-9-15-8-14-11-10(15)4-5-13-12(11)16/h4-5H,6-8H2,1-3H3,(H,14,17);4-5,8H,6-7,9H2,1-3H3,(H,13,16). The third-order valence-electron chi connectivity index (χ3n) is 5.62. The van der Waals surface area contributed by atoms with Crippen molar-refractivity contribution in [3.63, 3.8) is 0 Å². The Hall–Kier alpha value is -2.33. The number of hydrogen-bond donors (Lipinski definition) is 2. The van der Waals surface area contributed by atoms with E-state index in [0.717, 1.165) is 36.3 Å². The Labute approximate surface area is 226 Å². The third kappa shape index (κ3) is 8.60. The van der Waals surface area contributed by atoms with Crippen molar-refractivity contribution in [3.8, 4) is 0 Å². The number of pyridine rings is 2. The van der Waals surface area contributed by atoms with Crippen LogP contribution < -0.4 is 11.1 Å². The SMILES string of the molecule is C[Si](C)(C)CCOCn1c(Br)nc2c(=O)[nH]ccc21.C[Si](C)(C)CCOCn1cnc2c(=O)[nH]ccc21. The molecule has 0 spiro atoms. The highest BCUT2D eigenvalue weighted by atomic mass is 79.9. The fourth-order valence-electron chi connectivity index (χ4n) is 3.34. The number of hydrogen-bond acceptors (Lipinski definition) is 6. The minimum absolute atomic E-state index is 0.159. The fourth-order valence-corrected chi connectivity index (χ4v) is 5.33. The quantitative estimate of drug-likeness (QED) is 0.196. The van der Waals surface area contributed by atoms with Crippen molar-refractivity contribution >= 4 is 54.1 Å². The molecule has 4 aromatic rings. The summed E-state index contributed by atoms with van der Waals surface area (Å²) >= 11 is 3.36. The Morgan fingerprint density at radius 1 is 0.838 bits per heavy atom. The van der Waals surface area contributed by atoms with Gasteiger partial charge in [-0.05, 0) is 40.2 Å². The zero-order valence-corrected chi connectivity index (χ0v) is 26.0. The van der Waals surface area contributed by atoms with Crippen molar-refractivity contribution in [2.45, 2.75) is 64.8 Å². The monoisotopic (exact) mass is 608 g/mol. The smallest absolute Gasteiger partial charge is 0.276 e. The first kappa shape index (κ1) is 29.2. The molecule has 10 nitrogen and oxygen atoms in total. The zero-order valence-electron chi connectivity index (χ0n) is 22.4. The summed E-state index contributed by atoms with van der Waals surface area (Å²) in [5.74, 6) is 0. The number of fused-ring (bicyclic) bond motifs is 2. The highest BCUT2D eigenvalue weighted by Gasteiger charge is 2.14. The van der Waals surface area contributed by atoms with E-state index >= 15 is 0 Å². The molecular weight excluding hydrogens is 572 g/mol. The Bertz CT molecular complexity index is 1430. The van der Waals surface area contributed by atoms with Crippen LogP contribution in [0, 0.1) is 0 Å². The van der Waals surface area contributed by atoms with Crippen molar-refractivity contribution in [2.75, 3.05) is 13.2 Å². The van der Waals surface area contributed by atoms with Gasteiger partial charge in [0.25, 0.3) is 11.1 Å². The van der Waals surface area contributed by atoms with Gasteiger partial charge in [-0.2, -0.15) is 0 Å². The van der Waals surface area contributed by atoms with Gasteiger partial charge in [0.05, 0.1) is 17.4 Å². The lowest BCUT2D eigenvalue weighted by molar-refractivity contribution is 0.0883. The van der Waals surface area contributed by atoms with Gasteiger partial charge in [0.15, 0.2) is 15.8 Å². The van der Waals surface area contributed by atoms with Gasteiger partial charge >= 0.3 is 0 Å². The molecule has 2 N–H and O–H groups in total. The largest absolute Gasteiger partial charge is 0.361 e. The maximum atomic E-state index is 11.6. The first-order valence-corrected chi connectivity index (χ1v) is 20.5. The third-order valence-corrected chi connectivity index (χ3v) is 9.64. The van der Waals surface area contributed by atoms with Crippen LogP contribution in [0.15, 0.2) is 45.2 Å². The summed E-state index contributed by atoms with van der Waals surface area (Å²) in [5.41, 5.74) is 2.15. The van der Waals surface area contributed by atoms with Gasteiger partial charge in [0.2, 0.25) is 0 Å². The minimum atomic E-state index is -1.07. The van der Waals surface area contributed by atoms with Gasteiger partial charge in [0.1, 0.15) is 13.5 Å². The van der Waals surface area contributed by atoms with Crippen molar-refractivity contribution in [3.05, 3.63) is 56.3 Å². The molecule has 0 aliphatic heterocycles. The average molecular weight is 610 g/mol. The van der Waals surface area contributed by atoms with Crippen LogP contribution in [0.1, 0.15) is 0 Å². The van der Waals surface area contributed by atoms with E-state index in [1.165, 1.54) is 0 Å². The van der Waals surface area contributed by atoms with Crippen LogP contribution in [0.25, 0.3) is 22.1 Å². The number of aromatic amines is 2. The van der Waals surface area contributed by atoms with Gasteiger partial charge in [-0.15, -0.1) is 0 Å². The van der Waals surface area contributed by atoms with E-state index < -0.39 is 16.1 Å². The predicted octanol–water partition coefficient (Wildman–Crippen LogP) is 4.84. The van der Waals surface area contributed by atoms with Crippen molar-refractivity contribution in [2.24, 2.45) is 0 Å². The van der Waals surface area contributed by atoms with E-state index in [0.29, 0.717) is 29.2 Å². The number of ether oxygens (including phenoxy) is 2. The summed E-state index contributed by atoms with van der Waals surface area (Å²) in [6.45, 7) is 16.3. The van der Waals surface area contributed by atoms with E-state index in [1.807, 2.05) is 21.3 Å². The van der Waals surface area contributed by atoms with E-state index in [9.17, 15) is 9.59 Å². The summed E-state index contributed by atoms with van der Waals surface area (Å²) in [5, 5.41) is 0. The molecule has 0 bridgehead atoms. The Kier molecular flexibility index (Phi) is 9.86. The van der Waals surface area contributed by atoms with Crippen molar-refractivity contribution in [1.29, 1.82) is 0 Å². The van der Waals surface area contributed by atoms with Crippen LogP contribution in [-0.4, -0.2) is 58.4 Å². The van der Waals surface area contributed by atoms with Gasteiger partial charge in [-0.3, -0.25) is 14.2 Å². The molecule has 0 atom stereocenters. The van der Waals surface area contributed by atoms with Gasteiger partial charge in [-0.25, -0.2) is 9.97 Å². The maximum absolute atomic E-state index is 11.6. The van der Waals surface area contributed by atoms with Crippen molar-refractivity contribution < 1.29 is 9.47 Å². The molecule has 0 amide bonds. The molecular formula is C24H37BrN6O4Si2. The van der Waals surface area contributed by atoms with E-state index in [1.54, 1.807) is 18.7 Å². The average Bonchev–Trinajstić information content (AvgIpc) is 3.36. The molecule has 0 unspecified atom stereocenters. The summed E-state index contributed by atoms with van der Waals surface area (Å²) in [6.07, 6.45) is 4.90. The second-order valence-corrected chi connectivity index (χ2v) is 23.3. The first-order chi connectivity index (χ1) is 17.4. The molecule has 0 saturated heterocycles. The molecule has 13 heteroatoms. The van der Waals surface area contributed by atoms with Crippen LogP contribution in [-0.2, 0) is 22.9 Å². The lowest BCUT2D eigenvalue weighted by Crippen LogP contribution is -2.22. The maximum Gasteiger partial charge on any atom is 0.276 e. The van der Waals surface area contributed by atoms with Gasteiger partial charge in [0, 0.05) is 41.8 Å². The second kappa shape index (κ2) is 12.5. The minimum Gasteiger partial charge on any atom is -0.361 e. The van der Waals surface area contributed by atoms with E-state index in [-0.39, 0.29) is 11.1 Å².